The van der Waals surface area contributed by atoms with Crippen molar-refractivity contribution < 1.29 is 0 Å². The van der Waals surface area contributed by atoms with E-state index >= 15 is 0 Å². The van der Waals surface area contributed by atoms with Crippen LogP contribution >= 0.6 is 38.5 Å². The van der Waals surface area contributed by atoms with E-state index in [4.69, 9.17) is 0 Å². The average molecular weight is 286 g/mol. The molecule has 0 aliphatic rings. The number of nitrogens with zero attached hydrogens (tertiary/aromatic N) is 3. The molecule has 1 rings (SSSR count). The van der Waals surface area contributed by atoms with Gasteiger partial charge in [-0.2, -0.15) is 4.98 Å². The van der Waals surface area contributed by atoms with Crippen molar-refractivity contribution in [1.82, 2.24) is 15.0 Å². The van der Waals surface area contributed by atoms with Crippen LogP contribution in [0.25, 0.3) is 0 Å². The molecular formula is C3HBrIN3. The van der Waals surface area contributed by atoms with Gasteiger partial charge in [-0.15, -0.1) is 0 Å². The highest BCUT2D eigenvalue weighted by Gasteiger charge is 1.88. The zero-order valence-corrected chi connectivity index (χ0v) is 7.42. The first-order valence-corrected chi connectivity index (χ1v) is 3.66. The van der Waals surface area contributed by atoms with Gasteiger partial charge in [-0.25, -0.2) is 9.97 Å². The zero-order chi connectivity index (χ0) is 5.98. The van der Waals surface area contributed by atoms with E-state index in [1.165, 1.54) is 6.33 Å². The summed E-state index contributed by atoms with van der Waals surface area (Å²) in [7, 11) is 0. The van der Waals surface area contributed by atoms with Crippen molar-refractivity contribution in [2.45, 2.75) is 0 Å². The van der Waals surface area contributed by atoms with Gasteiger partial charge in [0.1, 0.15) is 6.33 Å². The van der Waals surface area contributed by atoms with Gasteiger partial charge in [0, 0.05) is 22.6 Å². The van der Waals surface area contributed by atoms with Gasteiger partial charge in [0.25, 0.3) is 0 Å². The molecule has 1 aromatic rings. The fraction of sp³-hybridized carbons (Fsp3) is 0. The predicted octanol–water partition coefficient (Wildman–Crippen LogP) is 1.24. The number of rotatable bonds is 0. The second kappa shape index (κ2) is 2.67. The van der Waals surface area contributed by atoms with E-state index in [0.29, 0.717) is 8.56 Å². The fourth-order valence-electron chi connectivity index (χ4n) is 0.258. The predicted molar refractivity (Wildman–Crippen MR) is 40.2 cm³/mol. The molecule has 0 N–H and O–H groups in total. The Bertz CT molecular complexity index is 174. The summed E-state index contributed by atoms with van der Waals surface area (Å²) < 4.78 is 1.28. The Kier molecular flexibility index (Phi) is 2.12. The van der Waals surface area contributed by atoms with E-state index < -0.39 is 0 Å². The third kappa shape index (κ3) is 1.62. The molecule has 0 saturated carbocycles. The van der Waals surface area contributed by atoms with Crippen LogP contribution < -0.4 is 0 Å². The molecular weight excluding hydrogens is 285 g/mol. The van der Waals surface area contributed by atoms with E-state index in [1.807, 2.05) is 22.6 Å². The zero-order valence-electron chi connectivity index (χ0n) is 3.67. The Morgan fingerprint density at radius 2 is 2.25 bits per heavy atom. The van der Waals surface area contributed by atoms with E-state index in [1.54, 1.807) is 0 Å². The Labute approximate surface area is 68.2 Å². The van der Waals surface area contributed by atoms with Crippen molar-refractivity contribution in [2.24, 2.45) is 0 Å². The van der Waals surface area contributed by atoms with Crippen LogP contribution in [-0.2, 0) is 0 Å². The summed E-state index contributed by atoms with van der Waals surface area (Å²) in [6.07, 6.45) is 1.46. The maximum absolute atomic E-state index is 3.85. The second-order valence-electron chi connectivity index (χ2n) is 1.02. The van der Waals surface area contributed by atoms with Gasteiger partial charge < -0.3 is 0 Å². The molecule has 1 aromatic heterocycles. The van der Waals surface area contributed by atoms with Crippen molar-refractivity contribution in [2.75, 3.05) is 0 Å². The lowest BCUT2D eigenvalue weighted by molar-refractivity contribution is 0.970. The maximum atomic E-state index is 3.85. The molecule has 0 amide bonds. The topological polar surface area (TPSA) is 38.7 Å². The monoisotopic (exact) mass is 285 g/mol. The van der Waals surface area contributed by atoms with Crippen LogP contribution in [0.5, 0.6) is 0 Å². The third-order valence-electron chi connectivity index (χ3n) is 0.513. The lowest BCUT2D eigenvalue weighted by Crippen LogP contribution is -1.87. The largest absolute Gasteiger partial charge is 0.211 e. The average Bonchev–Trinajstić information content (AvgIpc) is 1.64. The number of hydrogen-bond donors (Lipinski definition) is 0. The van der Waals surface area contributed by atoms with E-state index in [0.717, 1.165) is 0 Å². The molecule has 0 fully saturated rings. The van der Waals surface area contributed by atoms with Gasteiger partial charge in [-0.1, -0.05) is 0 Å². The standard InChI is InChI=1S/C3HBrIN3/c4-2-6-1-7-3(5)8-2/h1H. The quantitative estimate of drug-likeness (QED) is 0.673. The normalized spacial score (nSPS) is 9.25. The second-order valence-corrected chi connectivity index (χ2v) is 2.70. The Balaban J connectivity index is 3.08. The van der Waals surface area contributed by atoms with Crippen LogP contribution in [-0.4, -0.2) is 15.0 Å². The van der Waals surface area contributed by atoms with Gasteiger partial charge in [0.2, 0.25) is 0 Å². The summed E-state index contributed by atoms with van der Waals surface area (Å²) in [5.74, 6) is 0. The number of aromatic nitrogens is 3. The Morgan fingerprint density at radius 1 is 1.50 bits per heavy atom. The van der Waals surface area contributed by atoms with Crippen LogP contribution in [0.2, 0.25) is 0 Å². The Morgan fingerprint density at radius 3 is 2.62 bits per heavy atom. The van der Waals surface area contributed by atoms with Crippen LogP contribution in [0.15, 0.2) is 11.1 Å². The highest BCUT2D eigenvalue weighted by atomic mass is 127. The molecule has 8 heavy (non-hydrogen) atoms. The molecule has 0 spiro atoms. The fourth-order valence-corrected chi connectivity index (χ4v) is 1.20. The minimum atomic E-state index is 0.580. The molecule has 0 aromatic carbocycles. The molecule has 0 bridgehead atoms. The van der Waals surface area contributed by atoms with E-state index in [9.17, 15) is 0 Å². The van der Waals surface area contributed by atoms with E-state index in [2.05, 4.69) is 30.9 Å². The van der Waals surface area contributed by atoms with Gasteiger partial charge in [0.05, 0.1) is 0 Å². The molecule has 0 aliphatic heterocycles. The molecule has 0 radical (unpaired) electrons. The van der Waals surface area contributed by atoms with Crippen LogP contribution in [0.3, 0.4) is 0 Å². The summed E-state index contributed by atoms with van der Waals surface area (Å²) in [6.45, 7) is 0. The number of hydrogen-bond acceptors (Lipinski definition) is 3. The first-order chi connectivity index (χ1) is 3.79. The van der Waals surface area contributed by atoms with Gasteiger partial charge in [-0.05, 0) is 15.9 Å². The van der Waals surface area contributed by atoms with Crippen LogP contribution in [0.4, 0.5) is 0 Å². The minimum Gasteiger partial charge on any atom is -0.211 e. The van der Waals surface area contributed by atoms with Gasteiger partial charge in [0.15, 0.2) is 8.56 Å². The third-order valence-corrected chi connectivity index (χ3v) is 1.41. The lowest BCUT2D eigenvalue weighted by Gasteiger charge is -1.85. The summed E-state index contributed by atoms with van der Waals surface area (Å²) in [5.41, 5.74) is 0. The molecule has 0 unspecified atom stereocenters. The molecule has 0 atom stereocenters. The minimum absolute atomic E-state index is 0.580. The highest BCUT2D eigenvalue weighted by Crippen LogP contribution is 2.00. The molecule has 0 aliphatic carbocycles. The highest BCUT2D eigenvalue weighted by molar-refractivity contribution is 14.1. The van der Waals surface area contributed by atoms with Crippen molar-refractivity contribution in [3.05, 3.63) is 14.9 Å². The van der Waals surface area contributed by atoms with Crippen molar-refractivity contribution in [3.63, 3.8) is 0 Å². The van der Waals surface area contributed by atoms with E-state index in [-0.39, 0.29) is 0 Å². The molecule has 42 valence electrons. The first kappa shape index (κ1) is 6.34. The maximum Gasteiger partial charge on any atom is 0.200 e. The van der Waals surface area contributed by atoms with Crippen molar-refractivity contribution >= 4 is 38.5 Å². The Hall–Kier alpha value is 0.220. The summed E-state index contributed by atoms with van der Waals surface area (Å²) in [6, 6.07) is 0. The van der Waals surface area contributed by atoms with Crippen molar-refractivity contribution in [1.29, 1.82) is 0 Å². The number of halogens is 2. The summed E-state index contributed by atoms with van der Waals surface area (Å²) >= 11 is 5.11. The smallest absolute Gasteiger partial charge is 0.200 e. The molecule has 1 heterocycles. The van der Waals surface area contributed by atoms with Gasteiger partial charge in [-0.3, -0.25) is 0 Å². The molecule has 0 saturated heterocycles. The summed E-state index contributed by atoms with van der Waals surface area (Å²) in [5, 5.41) is 0. The lowest BCUT2D eigenvalue weighted by atomic mass is 11.1. The van der Waals surface area contributed by atoms with Gasteiger partial charge >= 0.3 is 0 Å². The van der Waals surface area contributed by atoms with Crippen LogP contribution in [0.1, 0.15) is 0 Å². The SMILES string of the molecule is Brc1ncnc(I)n1. The molecule has 3 nitrogen and oxygen atoms in total. The first-order valence-electron chi connectivity index (χ1n) is 1.79. The van der Waals surface area contributed by atoms with Crippen molar-refractivity contribution in [3.8, 4) is 0 Å². The summed E-state index contributed by atoms with van der Waals surface area (Å²) in [4.78, 5) is 11.4. The van der Waals surface area contributed by atoms with Crippen LogP contribution in [0, 0.1) is 3.83 Å². The molecule has 5 heteroatoms.